The molecule has 4 aliphatic rings. The van der Waals surface area contributed by atoms with Gasteiger partial charge in [0.2, 0.25) is 0 Å². The fourth-order valence-corrected chi connectivity index (χ4v) is 8.93. The summed E-state index contributed by atoms with van der Waals surface area (Å²) in [6.45, 7) is 9.26. The molecular formula is C28H45N3O6. The van der Waals surface area contributed by atoms with Crippen LogP contribution in [0.2, 0.25) is 0 Å². The fourth-order valence-electron chi connectivity index (χ4n) is 8.93. The predicted octanol–water partition coefficient (Wildman–Crippen LogP) is 1.60. The first-order valence-corrected chi connectivity index (χ1v) is 13.5. The number of aliphatic hydroxyl groups excluding tert-OH is 2. The van der Waals surface area contributed by atoms with Gasteiger partial charge < -0.3 is 37.3 Å². The summed E-state index contributed by atoms with van der Waals surface area (Å²) in [5.41, 5.74) is 20.2. The Balaban J connectivity index is 1.87. The van der Waals surface area contributed by atoms with Crippen LogP contribution < -0.4 is 17.2 Å². The Hall–Kier alpha value is -1.78. The Bertz CT molecular complexity index is 1020. The van der Waals surface area contributed by atoms with Gasteiger partial charge in [-0.3, -0.25) is 4.79 Å². The number of allylic oxidation sites excluding steroid dienone is 2. The summed E-state index contributed by atoms with van der Waals surface area (Å²) in [6.07, 6.45) is 1.97. The summed E-state index contributed by atoms with van der Waals surface area (Å²) >= 11 is 0. The Labute approximate surface area is 219 Å². The number of aliphatic hydroxyl groups is 2. The molecule has 4 fully saturated rings. The van der Waals surface area contributed by atoms with Crippen molar-refractivity contribution < 1.29 is 29.6 Å². The van der Waals surface area contributed by atoms with E-state index in [1.54, 1.807) is 0 Å². The van der Waals surface area contributed by atoms with E-state index in [1.807, 2.05) is 19.9 Å². The molecule has 9 nitrogen and oxygen atoms in total. The average molecular weight is 520 g/mol. The number of esters is 1. The number of fused-ring (bicyclic) bond motifs is 5. The van der Waals surface area contributed by atoms with Crippen molar-refractivity contribution in [3.05, 3.63) is 22.8 Å². The molecule has 0 aromatic heterocycles. The molecule has 0 aliphatic heterocycles. The first kappa shape index (κ1) is 28.2. The van der Waals surface area contributed by atoms with Crippen LogP contribution in [0.1, 0.15) is 73.1 Å². The predicted molar refractivity (Wildman–Crippen MR) is 139 cm³/mol. The molecule has 0 aromatic rings. The van der Waals surface area contributed by atoms with Crippen LogP contribution in [0.3, 0.4) is 0 Å². The van der Waals surface area contributed by atoms with Gasteiger partial charge in [0.1, 0.15) is 6.10 Å². The SMILES string of the molecule is CC(=O)O[C@H]1C[C@@]2(C)[C@@H](C[C@@H](O)[C@H]3[C@@]4(C)[C@H](N)C[C@@H](O)[C@@H](N)[C@@H]4CC[C@@]32N)/C1=C(\CC=C(C)C)C(=O)O. The molecule has 4 saturated carbocycles. The van der Waals surface area contributed by atoms with Crippen LogP contribution in [0.15, 0.2) is 22.8 Å². The normalized spacial score (nSPS) is 48.3. The van der Waals surface area contributed by atoms with Gasteiger partial charge in [0.05, 0.1) is 12.2 Å². The molecule has 4 aliphatic carbocycles. The molecule has 0 amide bonds. The maximum absolute atomic E-state index is 12.5. The molecule has 11 atom stereocenters. The van der Waals surface area contributed by atoms with Crippen LogP contribution in [-0.4, -0.2) is 63.2 Å². The lowest BCUT2D eigenvalue weighted by molar-refractivity contribution is -0.199. The summed E-state index contributed by atoms with van der Waals surface area (Å²) in [7, 11) is 0. The molecule has 0 heterocycles. The van der Waals surface area contributed by atoms with Gasteiger partial charge in [-0.05, 0) is 80.6 Å². The second-order valence-corrected chi connectivity index (χ2v) is 12.8. The number of carboxylic acid groups (broad SMARTS) is 1. The molecule has 0 bridgehead atoms. The largest absolute Gasteiger partial charge is 0.478 e. The second-order valence-electron chi connectivity index (χ2n) is 12.8. The molecule has 9 heteroatoms. The average Bonchev–Trinajstić information content (AvgIpc) is 3.04. The molecule has 0 unspecified atom stereocenters. The van der Waals surface area contributed by atoms with E-state index in [1.165, 1.54) is 6.92 Å². The van der Waals surface area contributed by atoms with E-state index in [9.17, 15) is 24.9 Å². The molecule has 208 valence electrons. The zero-order valence-electron chi connectivity index (χ0n) is 22.7. The molecule has 9 N–H and O–H groups in total. The quantitative estimate of drug-likeness (QED) is 0.182. The number of hydrogen-bond acceptors (Lipinski definition) is 8. The highest BCUT2D eigenvalue weighted by molar-refractivity contribution is 5.88. The van der Waals surface area contributed by atoms with Crippen molar-refractivity contribution in [2.45, 2.75) is 109 Å². The zero-order valence-corrected chi connectivity index (χ0v) is 22.7. The highest BCUT2D eigenvalue weighted by Gasteiger charge is 2.72. The fraction of sp³-hybridized carbons (Fsp3) is 0.786. The Morgan fingerprint density at radius 3 is 2.32 bits per heavy atom. The molecule has 4 rings (SSSR count). The van der Waals surface area contributed by atoms with Gasteiger partial charge in [-0.2, -0.15) is 0 Å². The van der Waals surface area contributed by atoms with E-state index in [4.69, 9.17) is 21.9 Å². The van der Waals surface area contributed by atoms with E-state index < -0.39 is 64.6 Å². The van der Waals surface area contributed by atoms with E-state index in [-0.39, 0.29) is 23.8 Å². The lowest BCUT2D eigenvalue weighted by Crippen LogP contribution is -2.78. The maximum atomic E-state index is 12.5. The molecule has 37 heavy (non-hydrogen) atoms. The lowest BCUT2D eigenvalue weighted by atomic mass is 9.38. The smallest absolute Gasteiger partial charge is 0.331 e. The number of ether oxygens (including phenoxy) is 1. The van der Waals surface area contributed by atoms with E-state index in [0.717, 1.165) is 5.57 Å². The number of carboxylic acids is 1. The summed E-state index contributed by atoms with van der Waals surface area (Å²) in [5.74, 6) is -2.41. The molecule has 0 radical (unpaired) electrons. The van der Waals surface area contributed by atoms with Crippen molar-refractivity contribution in [1.29, 1.82) is 0 Å². The van der Waals surface area contributed by atoms with Gasteiger partial charge >= 0.3 is 11.9 Å². The second kappa shape index (κ2) is 9.45. The van der Waals surface area contributed by atoms with Gasteiger partial charge in [0, 0.05) is 36.0 Å². The third kappa shape index (κ3) is 4.09. The molecule has 0 saturated heterocycles. The van der Waals surface area contributed by atoms with Gasteiger partial charge in [-0.25, -0.2) is 4.79 Å². The Morgan fingerprint density at radius 1 is 1.11 bits per heavy atom. The molecular weight excluding hydrogens is 474 g/mol. The first-order valence-electron chi connectivity index (χ1n) is 13.5. The van der Waals surface area contributed by atoms with Gasteiger partial charge in [0.15, 0.2) is 0 Å². The summed E-state index contributed by atoms with van der Waals surface area (Å²) in [6, 6.07) is -0.856. The Kier molecular flexibility index (Phi) is 7.21. The minimum Gasteiger partial charge on any atom is -0.478 e. The van der Waals surface area contributed by atoms with Crippen LogP contribution in [0.4, 0.5) is 0 Å². The summed E-state index contributed by atoms with van der Waals surface area (Å²) in [4.78, 5) is 24.7. The van der Waals surface area contributed by atoms with Crippen LogP contribution in [0, 0.1) is 28.6 Å². The van der Waals surface area contributed by atoms with Crippen molar-refractivity contribution >= 4 is 11.9 Å². The van der Waals surface area contributed by atoms with Gasteiger partial charge in [0.25, 0.3) is 0 Å². The van der Waals surface area contributed by atoms with Crippen LogP contribution in [-0.2, 0) is 14.3 Å². The number of hydrogen-bond donors (Lipinski definition) is 6. The number of aliphatic carboxylic acids is 1. The standard InChI is InChI=1S/C28H45N3O6/c1-13(2)6-7-15(25(35)36)22-17-10-19(34)24-27(5)16(23(30)18(33)11-21(27)29)8-9-28(24,31)26(17,4)12-20(22)37-14(3)32/h6,16-21,23-24,33-34H,7-12,29-31H2,1-5H3,(H,35,36)/b22-15-/t16-,17-,18+,19+,20-,21+,23-,24-,26-,27+,28+/m0/s1. The highest BCUT2D eigenvalue weighted by Crippen LogP contribution is 2.69. The monoisotopic (exact) mass is 519 g/mol. The van der Waals surface area contributed by atoms with E-state index >= 15 is 0 Å². The summed E-state index contributed by atoms with van der Waals surface area (Å²) in [5, 5.41) is 32.6. The van der Waals surface area contributed by atoms with Crippen molar-refractivity contribution in [1.82, 2.24) is 0 Å². The minimum atomic E-state index is -1.05. The van der Waals surface area contributed by atoms with Crippen molar-refractivity contribution in [3.8, 4) is 0 Å². The van der Waals surface area contributed by atoms with Crippen molar-refractivity contribution in [3.63, 3.8) is 0 Å². The lowest BCUT2D eigenvalue weighted by Gasteiger charge is -2.69. The third-order valence-electron chi connectivity index (χ3n) is 10.8. The molecule has 0 aromatic carbocycles. The van der Waals surface area contributed by atoms with Crippen LogP contribution >= 0.6 is 0 Å². The third-order valence-corrected chi connectivity index (χ3v) is 10.8. The van der Waals surface area contributed by atoms with Crippen LogP contribution in [0.5, 0.6) is 0 Å². The summed E-state index contributed by atoms with van der Waals surface area (Å²) < 4.78 is 5.77. The first-order chi connectivity index (χ1) is 17.1. The zero-order chi connectivity index (χ0) is 27.7. The topological polar surface area (TPSA) is 182 Å². The molecule has 0 spiro atoms. The van der Waals surface area contributed by atoms with Crippen molar-refractivity contribution in [2.75, 3.05) is 0 Å². The minimum absolute atomic E-state index is 0.101. The Morgan fingerprint density at radius 2 is 1.76 bits per heavy atom. The van der Waals surface area contributed by atoms with E-state index in [2.05, 4.69) is 13.8 Å². The highest BCUT2D eigenvalue weighted by atomic mass is 16.5. The number of rotatable bonds is 4. The maximum Gasteiger partial charge on any atom is 0.331 e. The number of carbonyl (C=O) groups is 2. The number of nitrogens with two attached hydrogens (primary N) is 3. The van der Waals surface area contributed by atoms with Crippen molar-refractivity contribution in [2.24, 2.45) is 45.8 Å². The van der Waals surface area contributed by atoms with Crippen LogP contribution in [0.25, 0.3) is 0 Å². The van der Waals surface area contributed by atoms with E-state index in [0.29, 0.717) is 37.7 Å². The van der Waals surface area contributed by atoms with Gasteiger partial charge in [-0.15, -0.1) is 0 Å². The van der Waals surface area contributed by atoms with Gasteiger partial charge in [-0.1, -0.05) is 25.5 Å². The number of carbonyl (C=O) groups excluding carboxylic acids is 1.